The Morgan fingerprint density at radius 2 is 2.27 bits per heavy atom. The smallest absolute Gasteiger partial charge is 0.328 e. The van der Waals surface area contributed by atoms with E-state index in [1.165, 1.54) is 17.0 Å². The minimum absolute atomic E-state index is 0.0103. The quantitative estimate of drug-likeness (QED) is 0.891. The summed E-state index contributed by atoms with van der Waals surface area (Å²) in [4.78, 5) is 27.9. The fourth-order valence-electron chi connectivity index (χ4n) is 2.67. The molecule has 6 nitrogen and oxygen atoms in total. The maximum absolute atomic E-state index is 13.4. The summed E-state index contributed by atoms with van der Waals surface area (Å²) in [6.45, 7) is 0.550. The van der Waals surface area contributed by atoms with Gasteiger partial charge in [0.05, 0.1) is 19.6 Å². The Labute approximate surface area is 125 Å². The number of benzene rings is 1. The SMILES string of the molecule is O=C(O)C1COCCN1C(=O)Cc1c[nH]c2ccc(F)cc12. The number of aromatic nitrogens is 1. The van der Waals surface area contributed by atoms with Crippen LogP contribution in [0.5, 0.6) is 0 Å². The van der Waals surface area contributed by atoms with E-state index in [9.17, 15) is 14.0 Å². The standard InChI is InChI=1S/C15H15FN2O4/c16-10-1-2-12-11(6-10)9(7-17-12)5-14(19)18-3-4-22-8-13(18)15(20)21/h1-2,6-7,13,17H,3-5,8H2,(H,20,21). The summed E-state index contributed by atoms with van der Waals surface area (Å²) in [5.41, 5.74) is 1.39. The van der Waals surface area contributed by atoms with Crippen molar-refractivity contribution in [2.45, 2.75) is 12.5 Å². The molecule has 1 amide bonds. The van der Waals surface area contributed by atoms with Crippen LogP contribution in [0, 0.1) is 5.82 Å². The Hall–Kier alpha value is -2.41. The number of rotatable bonds is 3. The molecule has 1 aromatic carbocycles. The van der Waals surface area contributed by atoms with Gasteiger partial charge in [0.25, 0.3) is 0 Å². The molecule has 1 aliphatic rings. The molecule has 0 saturated carbocycles. The molecular weight excluding hydrogens is 291 g/mol. The largest absolute Gasteiger partial charge is 0.480 e. The van der Waals surface area contributed by atoms with Crippen molar-refractivity contribution in [1.82, 2.24) is 9.88 Å². The maximum Gasteiger partial charge on any atom is 0.328 e. The second kappa shape index (κ2) is 5.76. The number of carbonyl (C=O) groups excluding carboxylic acids is 1. The van der Waals surface area contributed by atoms with Crippen molar-refractivity contribution >= 4 is 22.8 Å². The Bertz CT molecular complexity index is 727. The van der Waals surface area contributed by atoms with Crippen LogP contribution < -0.4 is 0 Å². The summed E-state index contributed by atoms with van der Waals surface area (Å²) in [5, 5.41) is 9.79. The summed E-state index contributed by atoms with van der Waals surface area (Å²) in [5.74, 6) is -1.77. The van der Waals surface area contributed by atoms with Crippen molar-refractivity contribution in [3.05, 3.63) is 35.8 Å². The van der Waals surface area contributed by atoms with E-state index in [4.69, 9.17) is 9.84 Å². The molecule has 0 spiro atoms. The first-order chi connectivity index (χ1) is 10.6. The van der Waals surface area contributed by atoms with Crippen molar-refractivity contribution < 1.29 is 23.8 Å². The minimum Gasteiger partial charge on any atom is -0.480 e. The van der Waals surface area contributed by atoms with E-state index in [0.717, 1.165) is 5.52 Å². The number of aromatic amines is 1. The number of morpholine rings is 1. The summed E-state index contributed by atoms with van der Waals surface area (Å²) in [6.07, 6.45) is 1.67. The maximum atomic E-state index is 13.4. The molecule has 22 heavy (non-hydrogen) atoms. The highest BCUT2D eigenvalue weighted by Gasteiger charge is 2.32. The fourth-order valence-corrected chi connectivity index (χ4v) is 2.67. The molecule has 3 rings (SSSR count). The van der Waals surface area contributed by atoms with Crippen molar-refractivity contribution in [3.8, 4) is 0 Å². The lowest BCUT2D eigenvalue weighted by Crippen LogP contribution is -2.53. The van der Waals surface area contributed by atoms with Crippen LogP contribution in [0.25, 0.3) is 10.9 Å². The first kappa shape index (κ1) is 14.5. The van der Waals surface area contributed by atoms with Gasteiger partial charge in [-0.25, -0.2) is 9.18 Å². The molecule has 1 aromatic heterocycles. The molecule has 0 bridgehead atoms. The van der Waals surface area contributed by atoms with Gasteiger partial charge >= 0.3 is 5.97 Å². The van der Waals surface area contributed by atoms with Crippen molar-refractivity contribution in [1.29, 1.82) is 0 Å². The number of carboxylic acids is 1. The van der Waals surface area contributed by atoms with Gasteiger partial charge in [0.2, 0.25) is 5.91 Å². The van der Waals surface area contributed by atoms with Gasteiger partial charge < -0.3 is 19.7 Å². The Morgan fingerprint density at radius 3 is 3.05 bits per heavy atom. The zero-order valence-corrected chi connectivity index (χ0v) is 11.7. The number of ether oxygens (including phenoxy) is 1. The van der Waals surface area contributed by atoms with Crippen LogP contribution in [0.15, 0.2) is 24.4 Å². The first-order valence-electron chi connectivity index (χ1n) is 6.92. The second-order valence-electron chi connectivity index (χ2n) is 5.20. The van der Waals surface area contributed by atoms with Gasteiger partial charge in [-0.05, 0) is 23.8 Å². The van der Waals surface area contributed by atoms with Crippen molar-refractivity contribution in [2.24, 2.45) is 0 Å². The van der Waals surface area contributed by atoms with E-state index >= 15 is 0 Å². The van der Waals surface area contributed by atoms with Crippen LogP contribution in [-0.4, -0.2) is 52.7 Å². The number of nitrogens with one attached hydrogen (secondary N) is 1. The van der Waals surface area contributed by atoms with E-state index < -0.39 is 12.0 Å². The Morgan fingerprint density at radius 1 is 1.45 bits per heavy atom. The van der Waals surface area contributed by atoms with Crippen LogP contribution in [0.3, 0.4) is 0 Å². The van der Waals surface area contributed by atoms with Gasteiger partial charge in [-0.2, -0.15) is 0 Å². The highest BCUT2D eigenvalue weighted by atomic mass is 19.1. The van der Waals surface area contributed by atoms with Gasteiger partial charge in [0.15, 0.2) is 6.04 Å². The summed E-state index contributed by atoms with van der Waals surface area (Å²) in [7, 11) is 0. The van der Waals surface area contributed by atoms with Crippen LogP contribution in [-0.2, 0) is 20.7 Å². The average molecular weight is 306 g/mol. The third-order valence-corrected chi connectivity index (χ3v) is 3.81. The molecule has 2 aromatic rings. The molecule has 7 heteroatoms. The first-order valence-corrected chi connectivity index (χ1v) is 6.92. The fraction of sp³-hybridized carbons (Fsp3) is 0.333. The van der Waals surface area contributed by atoms with E-state index in [2.05, 4.69) is 4.98 Å². The molecule has 1 unspecified atom stereocenters. The predicted octanol–water partition coefficient (Wildman–Crippen LogP) is 1.16. The second-order valence-corrected chi connectivity index (χ2v) is 5.20. The zero-order chi connectivity index (χ0) is 15.7. The molecular formula is C15H15FN2O4. The Kier molecular flexibility index (Phi) is 3.81. The van der Waals surface area contributed by atoms with Gasteiger partial charge in [-0.15, -0.1) is 0 Å². The van der Waals surface area contributed by atoms with Gasteiger partial charge in [-0.3, -0.25) is 4.79 Å². The molecule has 0 radical (unpaired) electrons. The van der Waals surface area contributed by atoms with E-state index in [-0.39, 0.29) is 31.3 Å². The highest BCUT2D eigenvalue weighted by Crippen LogP contribution is 2.21. The zero-order valence-electron chi connectivity index (χ0n) is 11.7. The van der Waals surface area contributed by atoms with E-state index in [1.54, 1.807) is 12.3 Å². The lowest BCUT2D eigenvalue weighted by Gasteiger charge is -2.32. The molecule has 1 atom stereocenters. The number of aliphatic carboxylic acids is 1. The normalized spacial score (nSPS) is 18.6. The molecule has 2 heterocycles. The number of carboxylic acid groups (broad SMARTS) is 1. The summed E-state index contributed by atoms with van der Waals surface area (Å²) < 4.78 is 18.5. The van der Waals surface area contributed by atoms with Crippen molar-refractivity contribution in [3.63, 3.8) is 0 Å². The third kappa shape index (κ3) is 2.67. The van der Waals surface area contributed by atoms with Gasteiger partial charge in [-0.1, -0.05) is 0 Å². The molecule has 1 aliphatic heterocycles. The third-order valence-electron chi connectivity index (χ3n) is 3.81. The molecule has 116 valence electrons. The topological polar surface area (TPSA) is 82.6 Å². The molecule has 1 fully saturated rings. The van der Waals surface area contributed by atoms with Gasteiger partial charge in [0.1, 0.15) is 5.82 Å². The van der Waals surface area contributed by atoms with Crippen LogP contribution in [0.2, 0.25) is 0 Å². The number of nitrogens with zero attached hydrogens (tertiary/aromatic N) is 1. The number of fused-ring (bicyclic) bond motifs is 1. The number of amides is 1. The number of H-pyrrole nitrogens is 1. The molecule has 2 N–H and O–H groups in total. The summed E-state index contributed by atoms with van der Waals surface area (Å²) in [6, 6.07) is 3.34. The Balaban J connectivity index is 1.83. The lowest BCUT2D eigenvalue weighted by molar-refractivity contribution is -0.157. The predicted molar refractivity (Wildman–Crippen MR) is 75.9 cm³/mol. The van der Waals surface area contributed by atoms with Crippen molar-refractivity contribution in [2.75, 3.05) is 19.8 Å². The van der Waals surface area contributed by atoms with E-state index in [1.807, 2.05) is 0 Å². The molecule has 1 saturated heterocycles. The number of halogens is 1. The summed E-state index contributed by atoms with van der Waals surface area (Å²) >= 11 is 0. The van der Waals surface area contributed by atoms with Gasteiger partial charge in [0, 0.05) is 23.6 Å². The highest BCUT2D eigenvalue weighted by molar-refractivity contribution is 5.90. The number of hydrogen-bond acceptors (Lipinski definition) is 3. The number of carbonyl (C=O) groups is 2. The number of hydrogen-bond donors (Lipinski definition) is 2. The molecule has 0 aliphatic carbocycles. The minimum atomic E-state index is -1.09. The lowest BCUT2D eigenvalue weighted by atomic mass is 10.1. The van der Waals surface area contributed by atoms with Crippen LogP contribution >= 0.6 is 0 Å². The van der Waals surface area contributed by atoms with Crippen LogP contribution in [0.1, 0.15) is 5.56 Å². The van der Waals surface area contributed by atoms with Crippen LogP contribution in [0.4, 0.5) is 4.39 Å². The average Bonchev–Trinajstić information content (AvgIpc) is 2.89. The van der Waals surface area contributed by atoms with E-state index in [0.29, 0.717) is 17.6 Å². The monoisotopic (exact) mass is 306 g/mol.